The lowest BCUT2D eigenvalue weighted by atomic mass is 10.1. The third kappa shape index (κ3) is 3.18. The summed E-state index contributed by atoms with van der Waals surface area (Å²) in [7, 11) is 7.28. The number of nitrogens with one attached hydrogen (secondary N) is 1. The number of anilines is 2. The standard InChI is InChI=1S/C21H21N9O/c1-28-16(7-9-23-28)13-10-18(26-21-14(13)12-24-30(21)3)25-19-11-15(27-29(19)2)20-17(31-4)6-5-8-22-20/h5-12H,1-4H3,(H,25,26). The first-order valence-corrected chi connectivity index (χ1v) is 9.66. The minimum absolute atomic E-state index is 0.667. The quantitative estimate of drug-likeness (QED) is 0.471. The van der Waals surface area contributed by atoms with Crippen molar-refractivity contribution in [1.82, 2.24) is 39.3 Å². The lowest BCUT2D eigenvalue weighted by Crippen LogP contribution is -2.03. The Balaban J connectivity index is 1.58. The van der Waals surface area contributed by atoms with Crippen molar-refractivity contribution < 1.29 is 4.74 Å². The summed E-state index contributed by atoms with van der Waals surface area (Å²) >= 11 is 0. The number of rotatable bonds is 5. The van der Waals surface area contributed by atoms with Crippen LogP contribution in [0.5, 0.6) is 5.75 Å². The van der Waals surface area contributed by atoms with E-state index >= 15 is 0 Å². The molecule has 0 aromatic carbocycles. The summed E-state index contributed by atoms with van der Waals surface area (Å²) in [5, 5.41) is 17.6. The first kappa shape index (κ1) is 18.8. The Morgan fingerprint density at radius 3 is 2.61 bits per heavy atom. The van der Waals surface area contributed by atoms with Gasteiger partial charge in [0, 0.05) is 50.6 Å². The third-order valence-electron chi connectivity index (χ3n) is 5.17. The van der Waals surface area contributed by atoms with Crippen LogP contribution in [0.3, 0.4) is 0 Å². The summed E-state index contributed by atoms with van der Waals surface area (Å²) in [5.74, 6) is 2.11. The monoisotopic (exact) mass is 415 g/mol. The second-order valence-electron chi connectivity index (χ2n) is 7.12. The second-order valence-corrected chi connectivity index (χ2v) is 7.12. The zero-order valence-electron chi connectivity index (χ0n) is 17.6. The van der Waals surface area contributed by atoms with E-state index in [9.17, 15) is 0 Å². The molecule has 0 amide bonds. The first-order valence-electron chi connectivity index (χ1n) is 9.66. The van der Waals surface area contributed by atoms with Crippen molar-refractivity contribution in [3.63, 3.8) is 0 Å². The van der Waals surface area contributed by atoms with Gasteiger partial charge in [0.05, 0.1) is 19.0 Å². The van der Waals surface area contributed by atoms with E-state index in [-0.39, 0.29) is 0 Å². The van der Waals surface area contributed by atoms with Crippen LogP contribution in [0.1, 0.15) is 0 Å². The maximum absolute atomic E-state index is 5.43. The molecular weight excluding hydrogens is 394 g/mol. The van der Waals surface area contributed by atoms with Crippen LogP contribution in [0, 0.1) is 0 Å². The molecule has 0 saturated carbocycles. The maximum atomic E-state index is 5.43. The van der Waals surface area contributed by atoms with Gasteiger partial charge in [0.2, 0.25) is 0 Å². The number of aryl methyl sites for hydroxylation is 3. The Morgan fingerprint density at radius 1 is 0.968 bits per heavy atom. The number of pyridine rings is 2. The largest absolute Gasteiger partial charge is 0.494 e. The van der Waals surface area contributed by atoms with Gasteiger partial charge in [-0.25, -0.2) is 4.98 Å². The van der Waals surface area contributed by atoms with Gasteiger partial charge in [-0.3, -0.25) is 19.0 Å². The Kier molecular flexibility index (Phi) is 4.39. The van der Waals surface area contributed by atoms with E-state index in [0.29, 0.717) is 23.0 Å². The number of methoxy groups -OCH3 is 1. The summed E-state index contributed by atoms with van der Waals surface area (Å²) in [4.78, 5) is 9.18. The van der Waals surface area contributed by atoms with E-state index in [2.05, 4.69) is 25.6 Å². The van der Waals surface area contributed by atoms with Crippen molar-refractivity contribution in [2.75, 3.05) is 12.4 Å². The minimum atomic E-state index is 0.667. The van der Waals surface area contributed by atoms with Crippen LogP contribution in [0.25, 0.3) is 33.7 Å². The van der Waals surface area contributed by atoms with E-state index in [0.717, 1.165) is 28.1 Å². The molecule has 10 nitrogen and oxygen atoms in total. The Hall–Kier alpha value is -4.21. The molecule has 0 fully saturated rings. The third-order valence-corrected chi connectivity index (χ3v) is 5.17. The van der Waals surface area contributed by atoms with E-state index in [1.807, 2.05) is 62.4 Å². The molecule has 5 heterocycles. The SMILES string of the molecule is COc1cccnc1-c1cc(Nc2cc(-c3ccnn3C)c3cnn(C)c3n2)n(C)n1. The van der Waals surface area contributed by atoms with Crippen molar-refractivity contribution in [2.45, 2.75) is 0 Å². The van der Waals surface area contributed by atoms with Crippen LogP contribution in [-0.4, -0.2) is 46.4 Å². The molecule has 5 rings (SSSR count). The fourth-order valence-corrected chi connectivity index (χ4v) is 3.61. The van der Waals surface area contributed by atoms with Gasteiger partial charge in [0.1, 0.15) is 28.8 Å². The summed E-state index contributed by atoms with van der Waals surface area (Å²) in [5.41, 5.74) is 4.13. The molecule has 10 heteroatoms. The van der Waals surface area contributed by atoms with Gasteiger partial charge in [-0.05, 0) is 24.3 Å². The highest BCUT2D eigenvalue weighted by molar-refractivity contribution is 5.93. The van der Waals surface area contributed by atoms with Crippen LogP contribution < -0.4 is 10.1 Å². The van der Waals surface area contributed by atoms with Crippen LogP contribution in [0.4, 0.5) is 11.6 Å². The van der Waals surface area contributed by atoms with E-state index < -0.39 is 0 Å². The predicted octanol–water partition coefficient (Wildman–Crippen LogP) is 2.92. The summed E-state index contributed by atoms with van der Waals surface area (Å²) in [6.07, 6.45) is 5.32. The molecule has 156 valence electrons. The number of nitrogens with zero attached hydrogens (tertiary/aromatic N) is 8. The lowest BCUT2D eigenvalue weighted by Gasteiger charge is -2.10. The average molecular weight is 415 g/mol. The van der Waals surface area contributed by atoms with Crippen LogP contribution in [0.2, 0.25) is 0 Å². The molecular formula is C21H21N9O. The number of hydrogen-bond acceptors (Lipinski definition) is 7. The second kappa shape index (κ2) is 7.24. The van der Waals surface area contributed by atoms with Crippen molar-refractivity contribution in [2.24, 2.45) is 21.1 Å². The highest BCUT2D eigenvalue weighted by atomic mass is 16.5. The van der Waals surface area contributed by atoms with Gasteiger partial charge in [-0.1, -0.05) is 0 Å². The lowest BCUT2D eigenvalue weighted by molar-refractivity contribution is 0.414. The molecule has 0 radical (unpaired) electrons. The van der Waals surface area contributed by atoms with E-state index in [4.69, 9.17) is 9.72 Å². The highest BCUT2D eigenvalue weighted by Gasteiger charge is 2.17. The van der Waals surface area contributed by atoms with Crippen molar-refractivity contribution >= 4 is 22.7 Å². The zero-order valence-corrected chi connectivity index (χ0v) is 17.6. The van der Waals surface area contributed by atoms with Crippen molar-refractivity contribution in [1.29, 1.82) is 0 Å². The van der Waals surface area contributed by atoms with Crippen LogP contribution in [-0.2, 0) is 21.1 Å². The molecule has 0 spiro atoms. The number of ether oxygens (including phenoxy) is 1. The zero-order chi connectivity index (χ0) is 21.5. The first-order chi connectivity index (χ1) is 15.0. The van der Waals surface area contributed by atoms with E-state index in [1.165, 1.54) is 0 Å². The molecule has 0 saturated heterocycles. The Bertz CT molecular complexity index is 1400. The maximum Gasteiger partial charge on any atom is 0.160 e. The minimum Gasteiger partial charge on any atom is -0.494 e. The van der Waals surface area contributed by atoms with Gasteiger partial charge >= 0.3 is 0 Å². The van der Waals surface area contributed by atoms with Gasteiger partial charge in [0.25, 0.3) is 0 Å². The van der Waals surface area contributed by atoms with Gasteiger partial charge in [-0.15, -0.1) is 0 Å². The Labute approximate surface area is 178 Å². The molecule has 0 bridgehead atoms. The number of aromatic nitrogens is 8. The van der Waals surface area contributed by atoms with Crippen molar-refractivity contribution in [3.8, 4) is 28.4 Å². The van der Waals surface area contributed by atoms with Crippen LogP contribution in [0.15, 0.2) is 48.9 Å². The number of fused-ring (bicyclic) bond motifs is 1. The molecule has 0 aliphatic heterocycles. The average Bonchev–Trinajstić information content (AvgIpc) is 3.47. The van der Waals surface area contributed by atoms with E-state index in [1.54, 1.807) is 28.9 Å². The fraction of sp³-hybridized carbons (Fsp3) is 0.190. The smallest absolute Gasteiger partial charge is 0.160 e. The topological polar surface area (TPSA) is 100 Å². The fourth-order valence-electron chi connectivity index (χ4n) is 3.61. The van der Waals surface area contributed by atoms with Gasteiger partial charge in [-0.2, -0.15) is 15.3 Å². The van der Waals surface area contributed by atoms with Crippen molar-refractivity contribution in [3.05, 3.63) is 48.9 Å². The number of hydrogen-bond donors (Lipinski definition) is 1. The predicted molar refractivity (Wildman–Crippen MR) is 117 cm³/mol. The summed E-state index contributed by atoms with van der Waals surface area (Å²) in [6, 6.07) is 9.58. The molecule has 31 heavy (non-hydrogen) atoms. The molecule has 0 unspecified atom stereocenters. The highest BCUT2D eigenvalue weighted by Crippen LogP contribution is 2.32. The summed E-state index contributed by atoms with van der Waals surface area (Å²) in [6.45, 7) is 0. The molecule has 5 aromatic heterocycles. The molecule has 0 aliphatic carbocycles. The van der Waals surface area contributed by atoms with Crippen LogP contribution >= 0.6 is 0 Å². The molecule has 0 atom stereocenters. The molecule has 5 aromatic rings. The molecule has 0 aliphatic rings. The normalized spacial score (nSPS) is 11.2. The van der Waals surface area contributed by atoms with Gasteiger partial charge in [0.15, 0.2) is 5.65 Å². The molecule has 1 N–H and O–H groups in total. The van der Waals surface area contributed by atoms with Gasteiger partial charge < -0.3 is 10.1 Å². The Morgan fingerprint density at radius 2 is 1.84 bits per heavy atom. The summed E-state index contributed by atoms with van der Waals surface area (Å²) < 4.78 is 10.8.